The molecule has 1 aromatic rings. The Bertz CT molecular complexity index is 1020. The number of nitrogens with zero attached hydrogens (tertiary/aromatic N) is 1. The second kappa shape index (κ2) is 15.3. The van der Waals surface area contributed by atoms with Crippen molar-refractivity contribution >= 4 is 62.9 Å². The van der Waals surface area contributed by atoms with Crippen LogP contribution in [0.25, 0.3) is 0 Å². The molecular weight excluding hydrogens is 550 g/mol. The second-order valence-corrected chi connectivity index (χ2v) is 12.9. The van der Waals surface area contributed by atoms with Gasteiger partial charge in [0, 0.05) is 42.7 Å². The van der Waals surface area contributed by atoms with Crippen molar-refractivity contribution in [1.29, 1.82) is 0 Å². The van der Waals surface area contributed by atoms with E-state index in [1.807, 2.05) is 21.6 Å². The molecule has 2 aliphatic heterocycles. The third-order valence-corrected chi connectivity index (χ3v) is 10.5. The number of aromatic hydroxyl groups is 1. The van der Waals surface area contributed by atoms with E-state index in [2.05, 4.69) is 10.6 Å². The SMILES string of the molecule is COC(=O)C(CSC1CC(=O)N(CCNC(=O)CCCCC2CCSS2)C1=O)NC(=O)c1ccccc1O. The number of hydrogen-bond donors (Lipinski definition) is 3. The lowest BCUT2D eigenvalue weighted by Gasteiger charge is -2.18. The van der Waals surface area contributed by atoms with E-state index in [4.69, 9.17) is 4.74 Å². The third kappa shape index (κ3) is 8.84. The molecule has 0 spiro atoms. The van der Waals surface area contributed by atoms with Crippen LogP contribution in [0.2, 0.25) is 0 Å². The lowest BCUT2D eigenvalue weighted by Crippen LogP contribution is -2.44. The van der Waals surface area contributed by atoms with Crippen molar-refractivity contribution in [3.05, 3.63) is 29.8 Å². The van der Waals surface area contributed by atoms with Crippen LogP contribution in [-0.4, -0.2) is 87.9 Å². The molecule has 0 bridgehead atoms. The largest absolute Gasteiger partial charge is 0.507 e. The number of likely N-dealkylation sites (tertiary alicyclic amines) is 1. The summed E-state index contributed by atoms with van der Waals surface area (Å²) in [4.78, 5) is 63.2. The van der Waals surface area contributed by atoms with E-state index in [0.29, 0.717) is 11.7 Å². The van der Waals surface area contributed by atoms with E-state index in [-0.39, 0.29) is 48.4 Å². The molecule has 0 aliphatic carbocycles. The van der Waals surface area contributed by atoms with Gasteiger partial charge in [-0.15, -0.1) is 11.8 Å². The predicted octanol–water partition coefficient (Wildman–Crippen LogP) is 2.35. The zero-order valence-corrected chi connectivity index (χ0v) is 23.6. The standard InChI is InChI=1S/C25H33N3O7S3/c1-35-25(34)18(27-23(32)17-7-3-4-8-19(17)29)15-36-20-14-22(31)28(24(20)33)12-11-26-21(30)9-5-2-6-16-10-13-37-38-16/h3-4,7-8,16,18,20,29H,2,5-6,9-15H2,1H3,(H,26,30)(H,27,32). The first-order chi connectivity index (χ1) is 18.3. The minimum atomic E-state index is -1.08. The maximum Gasteiger partial charge on any atom is 0.329 e. The topological polar surface area (TPSA) is 142 Å². The number of thioether (sulfide) groups is 1. The Morgan fingerprint density at radius 2 is 2.03 bits per heavy atom. The minimum absolute atomic E-state index is 0.00124. The number of phenols is 1. The summed E-state index contributed by atoms with van der Waals surface area (Å²) in [6.07, 6.45) is 4.57. The van der Waals surface area contributed by atoms with Crippen LogP contribution >= 0.6 is 33.3 Å². The van der Waals surface area contributed by atoms with Gasteiger partial charge in [-0.05, 0) is 31.4 Å². The van der Waals surface area contributed by atoms with Crippen molar-refractivity contribution in [2.24, 2.45) is 0 Å². The first-order valence-electron chi connectivity index (χ1n) is 12.5. The summed E-state index contributed by atoms with van der Waals surface area (Å²) in [5, 5.41) is 15.2. The van der Waals surface area contributed by atoms with Crippen molar-refractivity contribution in [3.8, 4) is 5.75 Å². The average molecular weight is 584 g/mol. The molecule has 2 fully saturated rings. The highest BCUT2D eigenvalue weighted by molar-refractivity contribution is 8.77. The number of unbranched alkanes of at least 4 members (excludes halogenated alkanes) is 1. The number of rotatable bonds is 14. The van der Waals surface area contributed by atoms with E-state index in [9.17, 15) is 29.1 Å². The van der Waals surface area contributed by atoms with Gasteiger partial charge < -0.3 is 20.5 Å². The molecule has 1 aromatic carbocycles. The number of esters is 1. The molecular formula is C25H33N3O7S3. The highest BCUT2D eigenvalue weighted by Crippen LogP contribution is 2.39. The summed E-state index contributed by atoms with van der Waals surface area (Å²) in [6, 6.07) is 4.82. The Morgan fingerprint density at radius 3 is 2.74 bits per heavy atom. The van der Waals surface area contributed by atoms with E-state index in [1.54, 1.807) is 12.1 Å². The fourth-order valence-corrected chi connectivity index (χ4v) is 8.26. The number of carbonyl (C=O) groups excluding carboxylic acids is 5. The molecule has 0 aromatic heterocycles. The van der Waals surface area contributed by atoms with Gasteiger partial charge in [-0.25, -0.2) is 4.79 Å². The molecule has 13 heteroatoms. The molecule has 3 unspecified atom stereocenters. The van der Waals surface area contributed by atoms with E-state index < -0.39 is 29.1 Å². The summed E-state index contributed by atoms with van der Waals surface area (Å²) < 4.78 is 4.77. The lowest BCUT2D eigenvalue weighted by molar-refractivity contribution is -0.142. The second-order valence-electron chi connectivity index (χ2n) is 8.90. The maximum absolute atomic E-state index is 12.8. The summed E-state index contributed by atoms with van der Waals surface area (Å²) in [6.45, 7) is 0.269. The number of ether oxygens (including phenoxy) is 1. The molecule has 0 saturated carbocycles. The van der Waals surface area contributed by atoms with Crippen LogP contribution in [0.1, 0.15) is 48.9 Å². The van der Waals surface area contributed by atoms with Crippen molar-refractivity contribution in [3.63, 3.8) is 0 Å². The van der Waals surface area contributed by atoms with Crippen LogP contribution in [0.15, 0.2) is 24.3 Å². The van der Waals surface area contributed by atoms with Crippen molar-refractivity contribution in [1.82, 2.24) is 15.5 Å². The quantitative estimate of drug-likeness (QED) is 0.129. The molecule has 2 heterocycles. The number of para-hydroxylation sites is 1. The molecule has 38 heavy (non-hydrogen) atoms. The van der Waals surface area contributed by atoms with Gasteiger partial charge in [-0.3, -0.25) is 24.1 Å². The number of hydrogen-bond acceptors (Lipinski definition) is 10. The van der Waals surface area contributed by atoms with Gasteiger partial charge in [-0.1, -0.05) is 40.1 Å². The molecule has 10 nitrogen and oxygen atoms in total. The maximum atomic E-state index is 12.8. The Morgan fingerprint density at radius 1 is 1.24 bits per heavy atom. The zero-order valence-electron chi connectivity index (χ0n) is 21.2. The Hall–Kier alpha value is -2.38. The van der Waals surface area contributed by atoms with Crippen LogP contribution in [0.5, 0.6) is 5.75 Å². The number of imide groups is 1. The van der Waals surface area contributed by atoms with Crippen LogP contribution in [-0.2, 0) is 23.9 Å². The van der Waals surface area contributed by atoms with E-state index >= 15 is 0 Å². The number of benzene rings is 1. The van der Waals surface area contributed by atoms with Crippen molar-refractivity contribution < 1.29 is 33.8 Å². The molecule has 4 amide bonds. The monoisotopic (exact) mass is 583 g/mol. The van der Waals surface area contributed by atoms with Gasteiger partial charge in [-0.2, -0.15) is 0 Å². The first kappa shape index (κ1) is 30.2. The van der Waals surface area contributed by atoms with Crippen LogP contribution in [0.4, 0.5) is 0 Å². The van der Waals surface area contributed by atoms with Gasteiger partial charge in [0.1, 0.15) is 11.8 Å². The fourth-order valence-electron chi connectivity index (χ4n) is 4.06. The number of methoxy groups -OCH3 is 1. The van der Waals surface area contributed by atoms with Crippen molar-refractivity contribution in [2.45, 2.75) is 55.1 Å². The van der Waals surface area contributed by atoms with Crippen LogP contribution in [0.3, 0.4) is 0 Å². The number of carbonyl (C=O) groups is 5. The predicted molar refractivity (Wildman–Crippen MR) is 149 cm³/mol. The number of amides is 4. The van der Waals surface area contributed by atoms with Gasteiger partial charge in [0.05, 0.1) is 17.9 Å². The summed E-state index contributed by atoms with van der Waals surface area (Å²) in [5.41, 5.74) is -0.00124. The fraction of sp³-hybridized carbons (Fsp3) is 0.560. The summed E-state index contributed by atoms with van der Waals surface area (Å²) >= 11 is 1.08. The van der Waals surface area contributed by atoms with Gasteiger partial charge in [0.2, 0.25) is 17.7 Å². The van der Waals surface area contributed by atoms with Crippen molar-refractivity contribution in [2.75, 3.05) is 31.7 Å². The highest BCUT2D eigenvalue weighted by Gasteiger charge is 2.39. The molecule has 2 saturated heterocycles. The van der Waals surface area contributed by atoms with Crippen LogP contribution in [0, 0.1) is 0 Å². The normalized spacial score (nSPS) is 19.9. The summed E-state index contributed by atoms with van der Waals surface area (Å²) in [5.74, 6) is -1.24. The molecule has 208 valence electrons. The Balaban J connectivity index is 1.40. The lowest BCUT2D eigenvalue weighted by atomic mass is 10.1. The van der Waals surface area contributed by atoms with Gasteiger partial charge >= 0.3 is 5.97 Å². The first-order valence-corrected chi connectivity index (χ1v) is 15.9. The smallest absolute Gasteiger partial charge is 0.329 e. The number of nitrogens with one attached hydrogen (secondary N) is 2. The van der Waals surface area contributed by atoms with Crippen LogP contribution < -0.4 is 10.6 Å². The molecule has 3 rings (SSSR count). The average Bonchev–Trinajstić information content (AvgIpc) is 3.52. The van der Waals surface area contributed by atoms with Gasteiger partial charge in [0.15, 0.2) is 0 Å². The third-order valence-electron chi connectivity index (χ3n) is 6.17. The van der Waals surface area contributed by atoms with Gasteiger partial charge in [0.25, 0.3) is 5.91 Å². The molecule has 3 N–H and O–H groups in total. The summed E-state index contributed by atoms with van der Waals surface area (Å²) in [7, 11) is 5.02. The van der Waals surface area contributed by atoms with E-state index in [1.165, 1.54) is 31.4 Å². The minimum Gasteiger partial charge on any atom is -0.507 e. The molecule has 0 radical (unpaired) electrons. The molecule has 2 aliphatic rings. The molecule has 3 atom stereocenters. The number of phenolic OH excluding ortho intramolecular Hbond substituents is 1. The zero-order chi connectivity index (χ0) is 27.5. The highest BCUT2D eigenvalue weighted by atomic mass is 33.1. The Labute approximate surface area is 234 Å². The van der Waals surface area contributed by atoms with E-state index in [0.717, 1.165) is 35.9 Å². The Kier molecular flexibility index (Phi) is 12.1.